The number of halogens is 1. The van der Waals surface area contributed by atoms with Gasteiger partial charge in [-0.3, -0.25) is 4.79 Å². The number of nitrogens with zero attached hydrogens (tertiary/aromatic N) is 7. The fourth-order valence-corrected chi connectivity index (χ4v) is 3.94. The van der Waals surface area contributed by atoms with E-state index in [1.54, 1.807) is 6.07 Å². The van der Waals surface area contributed by atoms with Crippen LogP contribution in [0.25, 0.3) is 11.3 Å². The van der Waals surface area contributed by atoms with Gasteiger partial charge in [0.2, 0.25) is 0 Å². The maximum Gasteiger partial charge on any atom is 0.268 e. The van der Waals surface area contributed by atoms with Gasteiger partial charge in [-0.2, -0.15) is 0 Å². The molecule has 186 valence electrons. The molecule has 0 unspecified atom stereocenters. The summed E-state index contributed by atoms with van der Waals surface area (Å²) >= 11 is 0. The summed E-state index contributed by atoms with van der Waals surface area (Å²) in [7, 11) is 1.35. The average molecular weight is 493 g/mol. The molecule has 0 atom stereocenters. The number of nitrogens with one attached hydrogen (secondary N) is 1. The topological polar surface area (TPSA) is 155 Å². The minimum atomic E-state index is -0.648. The summed E-state index contributed by atoms with van der Waals surface area (Å²) in [4.78, 5) is 17.2. The van der Waals surface area contributed by atoms with Crippen LogP contribution >= 0.6 is 0 Å². The lowest BCUT2D eigenvalue weighted by Crippen LogP contribution is -2.33. The third-order valence-corrected chi connectivity index (χ3v) is 5.91. The molecule has 4 aromatic rings. The molecule has 1 fully saturated rings. The fraction of sp³-hybridized carbons (Fsp3) is 0.261. The number of amides is 1. The Labute approximate surface area is 205 Å². The molecule has 1 amide bonds. The molecule has 1 aliphatic rings. The van der Waals surface area contributed by atoms with Gasteiger partial charge in [0, 0.05) is 30.7 Å². The second kappa shape index (κ2) is 9.62. The summed E-state index contributed by atoms with van der Waals surface area (Å²) in [6.45, 7) is 0.0499. The minimum absolute atomic E-state index is 0.0180. The highest BCUT2D eigenvalue weighted by molar-refractivity contribution is 5.92. The van der Waals surface area contributed by atoms with E-state index < -0.39 is 11.7 Å². The van der Waals surface area contributed by atoms with Crippen LogP contribution in [0.15, 0.2) is 54.9 Å². The molecular weight excluding hydrogens is 467 g/mol. The largest absolute Gasteiger partial charge is 0.494 e. The molecule has 1 aliphatic carbocycles. The van der Waals surface area contributed by atoms with Crippen LogP contribution in [0.2, 0.25) is 0 Å². The van der Waals surface area contributed by atoms with Crippen molar-refractivity contribution in [3.8, 4) is 11.4 Å². The van der Waals surface area contributed by atoms with Gasteiger partial charge in [-0.25, -0.2) is 19.9 Å². The molecule has 0 aliphatic heterocycles. The Morgan fingerprint density at radius 3 is 2.86 bits per heavy atom. The Morgan fingerprint density at radius 1 is 1.31 bits per heavy atom. The van der Waals surface area contributed by atoms with Crippen molar-refractivity contribution in [3.05, 3.63) is 77.5 Å². The first-order chi connectivity index (χ1) is 17.4. The first-order valence-corrected chi connectivity index (χ1v) is 11.3. The zero-order valence-electron chi connectivity index (χ0n) is 19.5. The summed E-state index contributed by atoms with van der Waals surface area (Å²) in [5.41, 5.74) is 9.10. The Kier molecular flexibility index (Phi) is 6.21. The maximum absolute atomic E-state index is 14.9. The zero-order valence-corrected chi connectivity index (χ0v) is 19.5. The van der Waals surface area contributed by atoms with E-state index in [-0.39, 0.29) is 30.1 Å². The average Bonchev–Trinajstić information content (AvgIpc) is 3.41. The summed E-state index contributed by atoms with van der Waals surface area (Å²) in [6.07, 6.45) is 9.05. The number of pyridine rings is 1. The highest BCUT2D eigenvalue weighted by Crippen LogP contribution is 2.39. The number of carbonyl (C=O) groups excluding carboxylic acids is 1. The van der Waals surface area contributed by atoms with Gasteiger partial charge in [-0.15, -0.1) is 5.10 Å². The quantitative estimate of drug-likeness (QED) is 0.177. The molecule has 5 rings (SSSR count). The van der Waals surface area contributed by atoms with E-state index in [4.69, 9.17) is 16.3 Å². The number of nitrogens with two attached hydrogens (primary N) is 2. The van der Waals surface area contributed by atoms with Gasteiger partial charge in [0.15, 0.2) is 11.6 Å². The molecule has 1 saturated carbocycles. The van der Waals surface area contributed by atoms with E-state index >= 15 is 0 Å². The van der Waals surface area contributed by atoms with Crippen LogP contribution in [0.4, 0.5) is 4.39 Å². The molecule has 5 N–H and O–H groups in total. The Hall–Kier alpha value is -4.52. The van der Waals surface area contributed by atoms with Gasteiger partial charge < -0.3 is 25.2 Å². The lowest BCUT2D eigenvalue weighted by molar-refractivity contribution is -0.117. The molecule has 13 heteroatoms. The molecular formula is C23H25FN10O2. The van der Waals surface area contributed by atoms with Crippen LogP contribution in [0.3, 0.4) is 0 Å². The molecule has 0 saturated heterocycles. The second-order valence-electron chi connectivity index (χ2n) is 8.51. The number of carbonyl (C=O) groups is 1. The normalized spacial score (nSPS) is 13.7. The number of methoxy groups -OCH3 is 1. The van der Waals surface area contributed by atoms with Gasteiger partial charge in [0.1, 0.15) is 17.7 Å². The number of benzene rings is 1. The number of aromatic nitrogens is 6. The number of rotatable bonds is 9. The predicted molar refractivity (Wildman–Crippen MR) is 127 cm³/mol. The van der Waals surface area contributed by atoms with Gasteiger partial charge in [-0.05, 0) is 52.9 Å². The number of hydrogen-bond acceptors (Lipinski definition) is 9. The number of hydrazine groups is 1. The second-order valence-corrected chi connectivity index (χ2v) is 8.51. The number of fused-ring (bicyclic) bond motifs is 1. The van der Waals surface area contributed by atoms with Crippen molar-refractivity contribution in [2.75, 3.05) is 7.11 Å². The monoisotopic (exact) mass is 492 g/mol. The van der Waals surface area contributed by atoms with Crippen molar-refractivity contribution >= 4 is 11.6 Å². The van der Waals surface area contributed by atoms with E-state index in [1.165, 1.54) is 53.8 Å². The highest BCUT2D eigenvalue weighted by atomic mass is 19.1. The maximum atomic E-state index is 14.9. The zero-order chi connectivity index (χ0) is 25.2. The third-order valence-electron chi connectivity index (χ3n) is 5.91. The van der Waals surface area contributed by atoms with Crippen molar-refractivity contribution in [1.82, 2.24) is 39.9 Å². The summed E-state index contributed by atoms with van der Waals surface area (Å²) in [6, 6.07) is 7.12. The van der Waals surface area contributed by atoms with Crippen molar-refractivity contribution in [2.45, 2.75) is 31.8 Å². The van der Waals surface area contributed by atoms with E-state index in [0.29, 0.717) is 11.6 Å². The van der Waals surface area contributed by atoms with E-state index in [1.807, 2.05) is 16.7 Å². The van der Waals surface area contributed by atoms with E-state index in [9.17, 15) is 9.18 Å². The van der Waals surface area contributed by atoms with Gasteiger partial charge >= 0.3 is 0 Å². The molecule has 12 nitrogen and oxygen atoms in total. The van der Waals surface area contributed by atoms with Gasteiger partial charge in [-0.1, -0.05) is 6.07 Å². The van der Waals surface area contributed by atoms with Crippen LogP contribution in [0, 0.1) is 5.82 Å². The minimum Gasteiger partial charge on any atom is -0.494 e. The summed E-state index contributed by atoms with van der Waals surface area (Å²) in [5, 5.41) is 14.8. The van der Waals surface area contributed by atoms with Crippen LogP contribution in [-0.2, 0) is 17.9 Å². The van der Waals surface area contributed by atoms with Crippen LogP contribution in [0.1, 0.15) is 35.6 Å². The van der Waals surface area contributed by atoms with Crippen molar-refractivity contribution < 1.29 is 13.9 Å². The molecule has 0 radical (unpaired) electrons. The SMILES string of the molecule is COc1ccc(-n2cnnn2)c(CNC(=O)/C(N)=C/N(N)Cc2cn3cc(C4CC4)ccc3n2)c1F. The van der Waals surface area contributed by atoms with E-state index in [0.717, 1.165) is 11.3 Å². The lowest BCUT2D eigenvalue weighted by atomic mass is 10.1. The van der Waals surface area contributed by atoms with E-state index in [2.05, 4.69) is 38.1 Å². The van der Waals surface area contributed by atoms with Gasteiger partial charge in [0.25, 0.3) is 5.91 Å². The molecule has 3 aromatic heterocycles. The van der Waals surface area contributed by atoms with Crippen LogP contribution in [0.5, 0.6) is 5.75 Å². The highest BCUT2D eigenvalue weighted by Gasteiger charge is 2.24. The number of tetrazole rings is 1. The number of imidazole rings is 1. The molecule has 1 aromatic carbocycles. The molecule has 3 heterocycles. The molecule has 36 heavy (non-hydrogen) atoms. The Balaban J connectivity index is 1.25. The van der Waals surface area contributed by atoms with Crippen molar-refractivity contribution in [1.29, 1.82) is 0 Å². The van der Waals surface area contributed by atoms with Crippen molar-refractivity contribution in [2.24, 2.45) is 11.6 Å². The molecule has 0 spiro atoms. The van der Waals surface area contributed by atoms with Crippen LogP contribution in [-0.4, -0.2) is 47.6 Å². The number of ether oxygens (including phenoxy) is 1. The van der Waals surface area contributed by atoms with Crippen LogP contribution < -0.4 is 21.6 Å². The first kappa shape index (κ1) is 23.2. The first-order valence-electron chi connectivity index (χ1n) is 11.3. The van der Waals surface area contributed by atoms with Gasteiger partial charge in [0.05, 0.1) is 25.0 Å². The summed E-state index contributed by atoms with van der Waals surface area (Å²) in [5.74, 6) is 5.44. The smallest absolute Gasteiger partial charge is 0.268 e. The standard InChI is InChI=1S/C23H25FN10O2/c1-36-20-6-5-19(34-13-28-30-31-34)17(22(20)24)8-27-23(35)18(25)12-33(26)11-16-10-32-9-15(14-2-3-14)4-7-21(32)29-16/h4-7,9-10,12-14H,2-3,8,11,25-26H2,1H3,(H,27,35)/b18-12-. The predicted octanol–water partition coefficient (Wildman–Crippen LogP) is 1.13. The summed E-state index contributed by atoms with van der Waals surface area (Å²) < 4.78 is 23.3. The number of hydrogen-bond donors (Lipinski definition) is 3. The fourth-order valence-electron chi connectivity index (χ4n) is 3.94. The molecule has 0 bridgehead atoms. The third kappa shape index (κ3) is 4.81. The Morgan fingerprint density at radius 2 is 2.14 bits per heavy atom. The Bertz CT molecular complexity index is 1430. The van der Waals surface area contributed by atoms with Crippen molar-refractivity contribution in [3.63, 3.8) is 0 Å². The lowest BCUT2D eigenvalue weighted by Gasteiger charge is -2.15.